The van der Waals surface area contributed by atoms with E-state index < -0.39 is 0 Å². The number of rotatable bonds is 4. The van der Waals surface area contributed by atoms with Gasteiger partial charge in [-0.05, 0) is 47.9 Å². The molecule has 1 aromatic heterocycles. The summed E-state index contributed by atoms with van der Waals surface area (Å²) in [4.78, 5) is 2.39. The summed E-state index contributed by atoms with van der Waals surface area (Å²) < 4.78 is 6.73. The van der Waals surface area contributed by atoms with E-state index in [-0.39, 0.29) is 0 Å². The van der Waals surface area contributed by atoms with E-state index in [9.17, 15) is 0 Å². The summed E-state index contributed by atoms with van der Waals surface area (Å²) in [6.45, 7) is 6.58. The number of hydrogen-bond donors (Lipinski definition) is 1. The van der Waals surface area contributed by atoms with Crippen LogP contribution in [0.5, 0.6) is 0 Å². The smallest absolute Gasteiger partial charge is 0.135 e. The van der Waals surface area contributed by atoms with Crippen LogP contribution in [-0.4, -0.2) is 31.1 Å². The van der Waals surface area contributed by atoms with Crippen LogP contribution in [0.25, 0.3) is 0 Å². The third kappa shape index (κ3) is 2.92. The zero-order valence-corrected chi connectivity index (χ0v) is 12.3. The molecule has 1 aliphatic rings. The number of nitrogens with zero attached hydrogens (tertiary/aromatic N) is 1. The second kappa shape index (κ2) is 5.55. The SMILES string of the molecule is CC(C)NCC1CCN(C)C1c1occc1Br. The number of halogens is 1. The molecule has 0 radical (unpaired) electrons. The standard InChI is InChI=1S/C13H21BrN2O/c1-9(2)15-8-10-4-6-16(3)12(10)13-11(14)5-7-17-13/h5,7,9-10,12,15H,4,6,8H2,1-3H3. The molecule has 0 aliphatic carbocycles. The van der Waals surface area contributed by atoms with Crippen LogP contribution in [0.4, 0.5) is 0 Å². The fourth-order valence-corrected chi connectivity index (χ4v) is 2.99. The maximum atomic E-state index is 5.64. The van der Waals surface area contributed by atoms with Gasteiger partial charge in [0.2, 0.25) is 0 Å². The van der Waals surface area contributed by atoms with Gasteiger partial charge in [0.15, 0.2) is 0 Å². The van der Waals surface area contributed by atoms with Crippen molar-refractivity contribution in [3.63, 3.8) is 0 Å². The molecule has 17 heavy (non-hydrogen) atoms. The maximum Gasteiger partial charge on any atom is 0.135 e. The van der Waals surface area contributed by atoms with E-state index in [0.717, 1.165) is 23.3 Å². The van der Waals surface area contributed by atoms with Crippen molar-refractivity contribution in [2.24, 2.45) is 5.92 Å². The molecule has 2 atom stereocenters. The molecule has 0 saturated carbocycles. The lowest BCUT2D eigenvalue weighted by atomic mass is 9.98. The third-order valence-electron chi connectivity index (χ3n) is 3.48. The molecule has 1 fully saturated rings. The normalized spacial score (nSPS) is 25.9. The summed E-state index contributed by atoms with van der Waals surface area (Å²) in [6, 6.07) is 2.92. The van der Waals surface area contributed by atoms with Crippen molar-refractivity contribution in [3.8, 4) is 0 Å². The predicted molar refractivity (Wildman–Crippen MR) is 73.0 cm³/mol. The highest BCUT2D eigenvalue weighted by atomic mass is 79.9. The molecule has 0 amide bonds. The number of furan rings is 1. The highest BCUT2D eigenvalue weighted by Crippen LogP contribution is 2.39. The first-order valence-electron chi connectivity index (χ1n) is 6.26. The minimum atomic E-state index is 0.394. The average molecular weight is 301 g/mol. The molecular formula is C13H21BrN2O. The minimum absolute atomic E-state index is 0.394. The van der Waals surface area contributed by atoms with Crippen molar-refractivity contribution in [2.45, 2.75) is 32.4 Å². The van der Waals surface area contributed by atoms with Crippen LogP contribution in [0, 0.1) is 5.92 Å². The van der Waals surface area contributed by atoms with Gasteiger partial charge in [-0.2, -0.15) is 0 Å². The maximum absolute atomic E-state index is 5.64. The van der Waals surface area contributed by atoms with E-state index in [1.807, 2.05) is 6.07 Å². The van der Waals surface area contributed by atoms with Crippen LogP contribution in [0.3, 0.4) is 0 Å². The zero-order chi connectivity index (χ0) is 12.4. The Labute approximate surface area is 112 Å². The summed E-state index contributed by atoms with van der Waals surface area (Å²) in [5.74, 6) is 1.70. The Hall–Kier alpha value is -0.320. The Morgan fingerprint density at radius 2 is 2.35 bits per heavy atom. The first-order chi connectivity index (χ1) is 8.09. The van der Waals surface area contributed by atoms with E-state index in [0.29, 0.717) is 18.0 Å². The molecule has 0 aromatic carbocycles. The third-order valence-corrected chi connectivity index (χ3v) is 4.13. The fourth-order valence-electron chi connectivity index (χ4n) is 2.56. The molecule has 4 heteroatoms. The predicted octanol–water partition coefficient (Wildman–Crippen LogP) is 3.03. The second-order valence-electron chi connectivity index (χ2n) is 5.17. The van der Waals surface area contributed by atoms with E-state index in [4.69, 9.17) is 4.42 Å². The molecule has 0 spiro atoms. The lowest BCUT2D eigenvalue weighted by Crippen LogP contribution is -2.32. The van der Waals surface area contributed by atoms with Gasteiger partial charge in [0.25, 0.3) is 0 Å². The fraction of sp³-hybridized carbons (Fsp3) is 0.692. The Bertz CT molecular complexity index is 364. The van der Waals surface area contributed by atoms with Crippen molar-refractivity contribution < 1.29 is 4.42 Å². The van der Waals surface area contributed by atoms with Gasteiger partial charge in [-0.3, -0.25) is 4.90 Å². The molecule has 2 heterocycles. The molecular weight excluding hydrogens is 280 g/mol. The number of likely N-dealkylation sites (tertiary alicyclic amines) is 1. The Kier molecular flexibility index (Phi) is 4.28. The topological polar surface area (TPSA) is 28.4 Å². The quantitative estimate of drug-likeness (QED) is 0.926. The monoisotopic (exact) mass is 300 g/mol. The van der Waals surface area contributed by atoms with E-state index in [1.54, 1.807) is 6.26 Å². The minimum Gasteiger partial charge on any atom is -0.466 e. The van der Waals surface area contributed by atoms with Crippen LogP contribution in [0.2, 0.25) is 0 Å². The largest absolute Gasteiger partial charge is 0.466 e. The van der Waals surface area contributed by atoms with Crippen LogP contribution in [-0.2, 0) is 0 Å². The summed E-state index contributed by atoms with van der Waals surface area (Å²) in [5.41, 5.74) is 0. The van der Waals surface area contributed by atoms with Gasteiger partial charge in [-0.25, -0.2) is 0 Å². The molecule has 1 N–H and O–H groups in total. The Morgan fingerprint density at radius 1 is 1.59 bits per heavy atom. The Morgan fingerprint density at radius 3 is 2.94 bits per heavy atom. The van der Waals surface area contributed by atoms with E-state index in [2.05, 4.69) is 47.0 Å². The zero-order valence-electron chi connectivity index (χ0n) is 10.7. The molecule has 1 aromatic rings. The second-order valence-corrected chi connectivity index (χ2v) is 6.02. The highest BCUT2D eigenvalue weighted by molar-refractivity contribution is 9.10. The average Bonchev–Trinajstić information content (AvgIpc) is 2.82. The van der Waals surface area contributed by atoms with E-state index in [1.165, 1.54) is 6.42 Å². The summed E-state index contributed by atoms with van der Waals surface area (Å²) in [6.07, 6.45) is 2.99. The van der Waals surface area contributed by atoms with Crippen molar-refractivity contribution in [2.75, 3.05) is 20.1 Å². The summed E-state index contributed by atoms with van der Waals surface area (Å²) in [7, 11) is 2.18. The molecule has 1 saturated heterocycles. The van der Waals surface area contributed by atoms with Crippen LogP contribution >= 0.6 is 15.9 Å². The lowest BCUT2D eigenvalue weighted by molar-refractivity contribution is 0.231. The molecule has 2 unspecified atom stereocenters. The van der Waals surface area contributed by atoms with Gasteiger partial charge in [-0.1, -0.05) is 13.8 Å². The molecule has 0 bridgehead atoms. The van der Waals surface area contributed by atoms with Crippen LogP contribution in [0.15, 0.2) is 21.2 Å². The molecule has 3 nitrogen and oxygen atoms in total. The molecule has 1 aliphatic heterocycles. The van der Waals surface area contributed by atoms with Crippen LogP contribution in [0.1, 0.15) is 32.1 Å². The summed E-state index contributed by atoms with van der Waals surface area (Å²) in [5, 5.41) is 3.54. The first kappa shape index (κ1) is 13.1. The van der Waals surface area contributed by atoms with Crippen molar-refractivity contribution in [1.29, 1.82) is 0 Å². The lowest BCUT2D eigenvalue weighted by Gasteiger charge is -2.24. The van der Waals surface area contributed by atoms with Gasteiger partial charge in [0.1, 0.15) is 5.76 Å². The first-order valence-corrected chi connectivity index (χ1v) is 7.05. The molecule has 2 rings (SSSR count). The van der Waals surface area contributed by atoms with E-state index >= 15 is 0 Å². The summed E-state index contributed by atoms with van der Waals surface area (Å²) >= 11 is 3.57. The van der Waals surface area contributed by atoms with Crippen LogP contribution < -0.4 is 5.32 Å². The highest BCUT2D eigenvalue weighted by Gasteiger charge is 2.35. The van der Waals surface area contributed by atoms with Gasteiger partial charge in [0, 0.05) is 12.6 Å². The van der Waals surface area contributed by atoms with Crippen molar-refractivity contribution in [1.82, 2.24) is 10.2 Å². The van der Waals surface area contributed by atoms with Gasteiger partial charge >= 0.3 is 0 Å². The van der Waals surface area contributed by atoms with Crippen molar-refractivity contribution >= 4 is 15.9 Å². The van der Waals surface area contributed by atoms with Crippen molar-refractivity contribution in [3.05, 3.63) is 22.6 Å². The molecule has 96 valence electrons. The van der Waals surface area contributed by atoms with Gasteiger partial charge in [0.05, 0.1) is 16.8 Å². The number of nitrogens with one attached hydrogen (secondary N) is 1. The van der Waals surface area contributed by atoms with Gasteiger partial charge < -0.3 is 9.73 Å². The Balaban J connectivity index is 2.09. The van der Waals surface area contributed by atoms with Gasteiger partial charge in [-0.15, -0.1) is 0 Å². The number of hydrogen-bond acceptors (Lipinski definition) is 3.